The van der Waals surface area contributed by atoms with E-state index in [1.165, 1.54) is 116 Å². The second-order valence-electron chi connectivity index (χ2n) is 11.5. The number of ether oxygens (including phenoxy) is 1. The van der Waals surface area contributed by atoms with Crippen molar-refractivity contribution in [3.05, 3.63) is 12.2 Å². The Hall–Kier alpha value is -1.32. The summed E-state index contributed by atoms with van der Waals surface area (Å²) >= 11 is 0. The van der Waals surface area contributed by atoms with Crippen LogP contribution in [0.15, 0.2) is 12.2 Å². The summed E-state index contributed by atoms with van der Waals surface area (Å²) in [5, 5.41) is 9.56. The number of rotatable bonds is 25. The molecule has 3 atom stereocenters. The number of carboxylic acid groups (broad SMARTS) is 1. The van der Waals surface area contributed by atoms with E-state index < -0.39 is 17.8 Å². The van der Waals surface area contributed by atoms with Crippen molar-refractivity contribution in [2.45, 2.75) is 174 Å². The van der Waals surface area contributed by atoms with E-state index >= 15 is 0 Å². The molecule has 0 fully saturated rings. The number of esters is 1. The van der Waals surface area contributed by atoms with Gasteiger partial charge in [-0.05, 0) is 38.5 Å². The SMILES string of the molecule is CCCCCCCCCCCCCC(CCCCCCCCCCC)OC(=O)C1C=CCCC1C(=O)O. The van der Waals surface area contributed by atoms with Gasteiger partial charge in [-0.1, -0.05) is 142 Å². The minimum Gasteiger partial charge on any atom is -0.481 e. The lowest BCUT2D eigenvalue weighted by atomic mass is 9.84. The summed E-state index contributed by atoms with van der Waals surface area (Å²) in [6.45, 7) is 4.52. The summed E-state index contributed by atoms with van der Waals surface area (Å²) in [5.41, 5.74) is 0. The van der Waals surface area contributed by atoms with Gasteiger partial charge < -0.3 is 9.84 Å². The first kappa shape index (κ1) is 33.7. The third-order valence-corrected chi connectivity index (χ3v) is 8.05. The van der Waals surface area contributed by atoms with Crippen molar-refractivity contribution in [2.75, 3.05) is 0 Å². The molecule has 0 radical (unpaired) electrons. The quantitative estimate of drug-likeness (QED) is 0.0738. The maximum atomic E-state index is 12.9. The Bertz CT molecular complexity index is 585. The number of aliphatic carboxylic acids is 1. The number of hydrogen-bond donors (Lipinski definition) is 1. The van der Waals surface area contributed by atoms with Gasteiger partial charge in [-0.3, -0.25) is 9.59 Å². The largest absolute Gasteiger partial charge is 0.481 e. The zero-order valence-electron chi connectivity index (χ0n) is 24.5. The van der Waals surface area contributed by atoms with Gasteiger partial charge in [0.1, 0.15) is 6.10 Å². The minimum absolute atomic E-state index is 0.0691. The molecule has 0 aliphatic heterocycles. The van der Waals surface area contributed by atoms with Gasteiger partial charge in [0.2, 0.25) is 0 Å². The number of carbonyl (C=O) groups excluding carboxylic acids is 1. The molecule has 0 amide bonds. The third kappa shape index (κ3) is 17.7. The Morgan fingerprint density at radius 2 is 1.11 bits per heavy atom. The van der Waals surface area contributed by atoms with Crippen molar-refractivity contribution in [1.82, 2.24) is 0 Å². The number of carbonyl (C=O) groups is 2. The molecular weight excluding hydrogens is 460 g/mol. The minimum atomic E-state index is -0.882. The van der Waals surface area contributed by atoms with Crippen LogP contribution in [0.4, 0.5) is 0 Å². The van der Waals surface area contributed by atoms with Gasteiger partial charge in [-0.25, -0.2) is 0 Å². The second kappa shape index (κ2) is 23.8. The highest BCUT2D eigenvalue weighted by molar-refractivity contribution is 5.83. The van der Waals surface area contributed by atoms with Crippen LogP contribution in [0.5, 0.6) is 0 Å². The van der Waals surface area contributed by atoms with Gasteiger partial charge in [-0.15, -0.1) is 0 Å². The molecule has 1 aliphatic rings. The normalized spacial score (nSPS) is 18.1. The molecule has 0 aromatic rings. The van der Waals surface area contributed by atoms with E-state index in [2.05, 4.69) is 13.8 Å². The van der Waals surface area contributed by atoms with Crippen LogP contribution >= 0.6 is 0 Å². The molecule has 0 heterocycles. The van der Waals surface area contributed by atoms with E-state index in [9.17, 15) is 14.7 Å². The molecule has 0 aromatic heterocycles. The van der Waals surface area contributed by atoms with Gasteiger partial charge in [-0.2, -0.15) is 0 Å². The summed E-state index contributed by atoms with van der Waals surface area (Å²) in [4.78, 5) is 24.6. The van der Waals surface area contributed by atoms with E-state index in [4.69, 9.17) is 4.74 Å². The maximum absolute atomic E-state index is 12.9. The van der Waals surface area contributed by atoms with Crippen LogP contribution in [0, 0.1) is 11.8 Å². The second-order valence-corrected chi connectivity index (χ2v) is 11.5. The fraction of sp³-hybridized carbons (Fsp3) is 0.879. The number of hydrogen-bond acceptors (Lipinski definition) is 3. The lowest BCUT2D eigenvalue weighted by Crippen LogP contribution is -2.33. The van der Waals surface area contributed by atoms with Crippen LogP contribution in [0.25, 0.3) is 0 Å². The van der Waals surface area contributed by atoms with Crippen molar-refractivity contribution >= 4 is 11.9 Å². The average Bonchev–Trinajstić information content (AvgIpc) is 2.90. The van der Waals surface area contributed by atoms with Crippen LogP contribution < -0.4 is 0 Å². The summed E-state index contributed by atoms with van der Waals surface area (Å²) in [6, 6.07) is 0. The van der Waals surface area contributed by atoms with Crippen molar-refractivity contribution < 1.29 is 19.4 Å². The van der Waals surface area contributed by atoms with Gasteiger partial charge in [0, 0.05) is 0 Å². The molecular formula is C33H60O4. The van der Waals surface area contributed by atoms with Crippen molar-refractivity contribution in [2.24, 2.45) is 11.8 Å². The fourth-order valence-corrected chi connectivity index (χ4v) is 5.58. The van der Waals surface area contributed by atoms with Gasteiger partial charge in [0.05, 0.1) is 11.8 Å². The average molecular weight is 521 g/mol. The molecule has 37 heavy (non-hydrogen) atoms. The van der Waals surface area contributed by atoms with E-state index in [1.807, 2.05) is 6.08 Å². The molecule has 3 unspecified atom stereocenters. The Morgan fingerprint density at radius 1 is 0.703 bits per heavy atom. The standard InChI is InChI=1S/C33H60O4/c1-3-5-7-9-11-13-14-16-18-20-22-26-29(25-21-19-17-15-12-10-8-6-4-2)37-33(36)31-28-24-23-27-30(31)32(34)35/h24,28-31H,3-23,25-27H2,1-2H3,(H,34,35). The number of unbranched alkanes of at least 4 members (excludes halogenated alkanes) is 18. The highest BCUT2D eigenvalue weighted by atomic mass is 16.5. The summed E-state index contributed by atoms with van der Waals surface area (Å²) < 4.78 is 5.98. The Morgan fingerprint density at radius 3 is 1.51 bits per heavy atom. The smallest absolute Gasteiger partial charge is 0.313 e. The van der Waals surface area contributed by atoms with E-state index in [1.54, 1.807) is 6.08 Å². The van der Waals surface area contributed by atoms with Crippen LogP contribution in [0.3, 0.4) is 0 Å². The van der Waals surface area contributed by atoms with Crippen LogP contribution in [0.2, 0.25) is 0 Å². The van der Waals surface area contributed by atoms with E-state index in [-0.39, 0.29) is 12.1 Å². The topological polar surface area (TPSA) is 63.6 Å². The lowest BCUT2D eigenvalue weighted by molar-refractivity contribution is -0.160. The molecule has 0 spiro atoms. The molecule has 0 aromatic carbocycles. The molecule has 4 heteroatoms. The van der Waals surface area contributed by atoms with Crippen molar-refractivity contribution in [1.29, 1.82) is 0 Å². The molecule has 1 aliphatic carbocycles. The zero-order valence-corrected chi connectivity index (χ0v) is 24.5. The fourth-order valence-electron chi connectivity index (χ4n) is 5.58. The highest BCUT2D eigenvalue weighted by Gasteiger charge is 2.35. The van der Waals surface area contributed by atoms with Gasteiger partial charge in [0.25, 0.3) is 0 Å². The summed E-state index contributed by atoms with van der Waals surface area (Å²) in [7, 11) is 0. The first-order valence-corrected chi connectivity index (χ1v) is 16.2. The van der Waals surface area contributed by atoms with E-state index in [0.717, 1.165) is 32.1 Å². The van der Waals surface area contributed by atoms with Crippen LogP contribution in [-0.2, 0) is 14.3 Å². The molecule has 1 rings (SSSR count). The molecule has 216 valence electrons. The predicted molar refractivity (Wildman–Crippen MR) is 156 cm³/mol. The van der Waals surface area contributed by atoms with E-state index in [0.29, 0.717) is 6.42 Å². The molecule has 0 bridgehead atoms. The van der Waals surface area contributed by atoms with Gasteiger partial charge >= 0.3 is 11.9 Å². The lowest BCUT2D eigenvalue weighted by Gasteiger charge is -2.26. The van der Waals surface area contributed by atoms with Gasteiger partial charge in [0.15, 0.2) is 0 Å². The number of allylic oxidation sites excluding steroid dienone is 1. The number of carboxylic acids is 1. The third-order valence-electron chi connectivity index (χ3n) is 8.05. The summed E-state index contributed by atoms with van der Waals surface area (Å²) in [5.74, 6) is -2.48. The zero-order chi connectivity index (χ0) is 27.0. The molecule has 1 N–H and O–H groups in total. The highest BCUT2D eigenvalue weighted by Crippen LogP contribution is 2.28. The Kier molecular flexibility index (Phi) is 21.7. The molecule has 0 saturated carbocycles. The predicted octanol–water partition coefficient (Wildman–Crippen LogP) is 10.2. The molecule has 0 saturated heterocycles. The first-order chi connectivity index (χ1) is 18.1. The van der Waals surface area contributed by atoms with Crippen LogP contribution in [-0.4, -0.2) is 23.1 Å². The Labute approximate surface area is 229 Å². The summed E-state index contributed by atoms with van der Waals surface area (Å²) in [6.07, 6.45) is 32.7. The monoisotopic (exact) mass is 520 g/mol. The Balaban J connectivity index is 2.35. The maximum Gasteiger partial charge on any atom is 0.313 e. The van der Waals surface area contributed by atoms with Crippen LogP contribution in [0.1, 0.15) is 168 Å². The molecule has 4 nitrogen and oxygen atoms in total. The first-order valence-electron chi connectivity index (χ1n) is 16.2. The van der Waals surface area contributed by atoms with Crippen molar-refractivity contribution in [3.63, 3.8) is 0 Å². The van der Waals surface area contributed by atoms with Crippen molar-refractivity contribution in [3.8, 4) is 0 Å².